The molecule has 21 heavy (non-hydrogen) atoms. The molecule has 1 atom stereocenters. The molecule has 0 aliphatic heterocycles. The molecular formula is C17H20N2O2. The van der Waals surface area contributed by atoms with Crippen molar-refractivity contribution in [1.82, 2.24) is 0 Å². The molecule has 0 bridgehead atoms. The van der Waals surface area contributed by atoms with E-state index in [1.807, 2.05) is 36.4 Å². The highest BCUT2D eigenvalue weighted by Gasteiger charge is 2.03. The first-order valence-electron chi connectivity index (χ1n) is 6.94. The summed E-state index contributed by atoms with van der Waals surface area (Å²) in [6.07, 6.45) is 1.54. The molecule has 0 aliphatic carbocycles. The molecule has 0 heterocycles. The van der Waals surface area contributed by atoms with E-state index in [-0.39, 0.29) is 6.10 Å². The molecule has 2 aromatic rings. The molecule has 0 amide bonds. The Hall–Kier alpha value is -2.33. The number of carbonyl (C=O) groups is 1. The van der Waals surface area contributed by atoms with Crippen LogP contribution in [0, 0.1) is 0 Å². The summed E-state index contributed by atoms with van der Waals surface area (Å²) in [4.78, 5) is 10.5. The van der Waals surface area contributed by atoms with E-state index in [9.17, 15) is 9.90 Å². The Morgan fingerprint density at radius 3 is 2.43 bits per heavy atom. The Morgan fingerprint density at radius 2 is 1.86 bits per heavy atom. The topological polar surface area (TPSA) is 75.3 Å². The molecule has 0 saturated heterocycles. The van der Waals surface area contributed by atoms with Crippen LogP contribution in [-0.4, -0.2) is 17.5 Å². The molecule has 4 N–H and O–H groups in total. The van der Waals surface area contributed by atoms with Gasteiger partial charge in [0.2, 0.25) is 0 Å². The summed E-state index contributed by atoms with van der Waals surface area (Å²) in [6, 6.07) is 13.4. The largest absolute Gasteiger partial charge is 0.397 e. The summed E-state index contributed by atoms with van der Waals surface area (Å²) >= 11 is 0. The van der Waals surface area contributed by atoms with Crippen molar-refractivity contribution < 1.29 is 9.90 Å². The van der Waals surface area contributed by atoms with Crippen LogP contribution < -0.4 is 11.1 Å². The Bertz CT molecular complexity index is 607. The second-order valence-corrected chi connectivity index (χ2v) is 5.17. The molecular weight excluding hydrogens is 264 g/mol. The maximum absolute atomic E-state index is 10.5. The third-order valence-corrected chi connectivity index (χ3v) is 3.20. The summed E-state index contributed by atoms with van der Waals surface area (Å²) in [5, 5.41) is 12.6. The Kier molecular flexibility index (Phi) is 4.95. The zero-order valence-corrected chi connectivity index (χ0v) is 12.0. The van der Waals surface area contributed by atoms with Crippen molar-refractivity contribution >= 4 is 23.3 Å². The lowest BCUT2D eigenvalue weighted by Crippen LogP contribution is -2.04. The first kappa shape index (κ1) is 15.1. The number of aldehydes is 1. The van der Waals surface area contributed by atoms with Crippen LogP contribution in [0.25, 0.3) is 0 Å². The predicted molar refractivity (Wildman–Crippen MR) is 85.7 cm³/mol. The summed E-state index contributed by atoms with van der Waals surface area (Å²) in [6.45, 7) is 1.77. The van der Waals surface area contributed by atoms with Crippen molar-refractivity contribution in [3.8, 4) is 0 Å². The van der Waals surface area contributed by atoms with E-state index in [1.165, 1.54) is 0 Å². The number of hydrogen-bond acceptors (Lipinski definition) is 4. The molecule has 0 aliphatic rings. The second-order valence-electron chi connectivity index (χ2n) is 5.17. The van der Waals surface area contributed by atoms with Crippen LogP contribution in [0.4, 0.5) is 17.1 Å². The third-order valence-electron chi connectivity index (χ3n) is 3.20. The molecule has 4 nitrogen and oxygen atoms in total. The van der Waals surface area contributed by atoms with Gasteiger partial charge >= 0.3 is 0 Å². The zero-order chi connectivity index (χ0) is 15.2. The van der Waals surface area contributed by atoms with Crippen molar-refractivity contribution in [2.75, 3.05) is 11.1 Å². The fraction of sp³-hybridized carbons (Fsp3) is 0.235. The number of rotatable bonds is 6. The fourth-order valence-electron chi connectivity index (χ4n) is 2.17. The minimum atomic E-state index is -0.343. The van der Waals surface area contributed by atoms with Gasteiger partial charge in [0.25, 0.3) is 0 Å². The first-order chi connectivity index (χ1) is 10.1. The van der Waals surface area contributed by atoms with Gasteiger partial charge in [0.15, 0.2) is 0 Å². The number of nitrogen functional groups attached to an aromatic ring is 1. The number of aliphatic hydroxyl groups is 1. The van der Waals surface area contributed by atoms with Gasteiger partial charge in [-0.1, -0.05) is 18.2 Å². The summed E-state index contributed by atoms with van der Waals surface area (Å²) in [5.41, 5.74) is 10.3. The molecule has 2 rings (SSSR count). The lowest BCUT2D eigenvalue weighted by atomic mass is 10.1. The SMILES string of the molecule is C[C@@H](O)Cc1ccc(Nc2ccc(CC=O)cc2N)cc1. The van der Waals surface area contributed by atoms with Gasteiger partial charge in [-0.3, -0.25) is 0 Å². The van der Waals surface area contributed by atoms with Gasteiger partial charge < -0.3 is 21.0 Å². The van der Waals surface area contributed by atoms with Crippen molar-refractivity contribution in [2.24, 2.45) is 0 Å². The Labute approximate surface area is 124 Å². The summed E-state index contributed by atoms with van der Waals surface area (Å²) in [7, 11) is 0. The molecule has 2 aromatic carbocycles. The maximum atomic E-state index is 10.5. The number of nitrogens with two attached hydrogens (primary N) is 1. The average molecular weight is 284 g/mol. The Morgan fingerprint density at radius 1 is 1.19 bits per heavy atom. The van der Waals surface area contributed by atoms with Crippen LogP contribution in [-0.2, 0) is 17.6 Å². The van der Waals surface area contributed by atoms with Crippen molar-refractivity contribution in [2.45, 2.75) is 25.9 Å². The fourth-order valence-corrected chi connectivity index (χ4v) is 2.17. The highest BCUT2D eigenvalue weighted by molar-refractivity contribution is 5.74. The summed E-state index contributed by atoms with van der Waals surface area (Å²) < 4.78 is 0. The normalized spacial score (nSPS) is 11.9. The van der Waals surface area contributed by atoms with E-state index < -0.39 is 0 Å². The third kappa shape index (κ3) is 4.33. The van der Waals surface area contributed by atoms with Gasteiger partial charge in [-0.2, -0.15) is 0 Å². The van der Waals surface area contributed by atoms with Gasteiger partial charge in [0.1, 0.15) is 6.29 Å². The smallest absolute Gasteiger partial charge is 0.124 e. The number of anilines is 3. The van der Waals surface area contributed by atoms with E-state index in [4.69, 9.17) is 5.73 Å². The highest BCUT2D eigenvalue weighted by Crippen LogP contribution is 2.24. The lowest BCUT2D eigenvalue weighted by Gasteiger charge is -2.11. The monoisotopic (exact) mass is 284 g/mol. The molecule has 0 fully saturated rings. The first-order valence-corrected chi connectivity index (χ1v) is 6.94. The maximum Gasteiger partial charge on any atom is 0.124 e. The molecule has 0 spiro atoms. The average Bonchev–Trinajstić information content (AvgIpc) is 2.44. The van der Waals surface area contributed by atoms with Crippen molar-refractivity contribution in [1.29, 1.82) is 0 Å². The van der Waals surface area contributed by atoms with Crippen LogP contribution >= 0.6 is 0 Å². The Balaban J connectivity index is 2.09. The molecule has 110 valence electrons. The van der Waals surface area contributed by atoms with Gasteiger partial charge in [-0.25, -0.2) is 0 Å². The van der Waals surface area contributed by atoms with Crippen LogP contribution in [0.5, 0.6) is 0 Å². The van der Waals surface area contributed by atoms with Crippen LogP contribution in [0.15, 0.2) is 42.5 Å². The minimum Gasteiger partial charge on any atom is -0.397 e. The van der Waals surface area contributed by atoms with Gasteiger partial charge in [0, 0.05) is 12.1 Å². The molecule has 0 aromatic heterocycles. The number of aliphatic hydroxyl groups excluding tert-OH is 1. The van der Waals surface area contributed by atoms with E-state index in [1.54, 1.807) is 13.0 Å². The van der Waals surface area contributed by atoms with E-state index in [2.05, 4.69) is 5.32 Å². The minimum absolute atomic E-state index is 0.343. The van der Waals surface area contributed by atoms with Crippen LogP contribution in [0.1, 0.15) is 18.1 Å². The van der Waals surface area contributed by atoms with Crippen molar-refractivity contribution in [3.63, 3.8) is 0 Å². The van der Waals surface area contributed by atoms with Gasteiger partial charge in [-0.05, 0) is 48.7 Å². The summed E-state index contributed by atoms with van der Waals surface area (Å²) in [5.74, 6) is 0. The molecule has 0 saturated carbocycles. The standard InChI is InChI=1S/C17H20N2O2/c1-12(21)10-13-2-5-15(6-3-13)19-17-7-4-14(8-9-20)11-16(17)18/h2-7,9,11-12,19,21H,8,10,18H2,1H3/t12-/m1/s1. The van der Waals surface area contributed by atoms with E-state index >= 15 is 0 Å². The van der Waals surface area contributed by atoms with Crippen molar-refractivity contribution in [3.05, 3.63) is 53.6 Å². The van der Waals surface area contributed by atoms with Crippen LogP contribution in [0.2, 0.25) is 0 Å². The number of nitrogens with one attached hydrogen (secondary N) is 1. The number of hydrogen-bond donors (Lipinski definition) is 3. The lowest BCUT2D eigenvalue weighted by molar-refractivity contribution is -0.107. The predicted octanol–water partition coefficient (Wildman–Crippen LogP) is 2.68. The quantitative estimate of drug-likeness (QED) is 0.563. The van der Waals surface area contributed by atoms with Crippen LogP contribution in [0.3, 0.4) is 0 Å². The van der Waals surface area contributed by atoms with E-state index in [0.29, 0.717) is 18.5 Å². The second kappa shape index (κ2) is 6.90. The number of carbonyl (C=O) groups excluding carboxylic acids is 1. The number of benzene rings is 2. The van der Waals surface area contributed by atoms with Gasteiger partial charge in [0.05, 0.1) is 17.5 Å². The van der Waals surface area contributed by atoms with Gasteiger partial charge in [-0.15, -0.1) is 0 Å². The highest BCUT2D eigenvalue weighted by atomic mass is 16.3. The zero-order valence-electron chi connectivity index (χ0n) is 12.0. The molecule has 0 radical (unpaired) electrons. The molecule has 0 unspecified atom stereocenters. The molecule has 4 heteroatoms. The van der Waals surface area contributed by atoms with E-state index in [0.717, 1.165) is 28.8 Å².